The Morgan fingerprint density at radius 2 is 1.67 bits per heavy atom. The van der Waals surface area contributed by atoms with Gasteiger partial charge in [0, 0.05) is 61.4 Å². The normalized spacial score (nSPS) is 14.3. The smallest absolute Gasteiger partial charge is 0.167 e. The van der Waals surface area contributed by atoms with Gasteiger partial charge >= 0.3 is 0 Å². The summed E-state index contributed by atoms with van der Waals surface area (Å²) >= 11 is 0. The van der Waals surface area contributed by atoms with Gasteiger partial charge in [0.2, 0.25) is 0 Å². The van der Waals surface area contributed by atoms with Crippen LogP contribution in [0.4, 0.5) is 0 Å². The van der Waals surface area contributed by atoms with Gasteiger partial charge in [-0.05, 0) is 86.3 Å². The number of ketones is 1. The summed E-state index contributed by atoms with van der Waals surface area (Å²) in [6.45, 7) is 4.35. The molecule has 5 aromatic rings. The van der Waals surface area contributed by atoms with Crippen LogP contribution in [0, 0.1) is 6.92 Å². The fourth-order valence-electron chi connectivity index (χ4n) is 5.70. The number of carbonyl (C=O) groups is 1. The second-order valence-corrected chi connectivity index (χ2v) is 11.4. The van der Waals surface area contributed by atoms with Crippen molar-refractivity contribution in [1.29, 1.82) is 0 Å². The lowest BCUT2D eigenvalue weighted by molar-refractivity contribution is 0.0993. The van der Waals surface area contributed by atoms with Crippen LogP contribution in [0.25, 0.3) is 22.5 Å². The number of benzene rings is 2. The van der Waals surface area contributed by atoms with Crippen molar-refractivity contribution in [3.8, 4) is 22.5 Å². The molecule has 3 aromatic heterocycles. The van der Waals surface area contributed by atoms with Crippen LogP contribution < -0.4 is 0 Å². The van der Waals surface area contributed by atoms with E-state index in [-0.39, 0.29) is 5.78 Å². The quantitative estimate of drug-likeness (QED) is 0.216. The van der Waals surface area contributed by atoms with Crippen molar-refractivity contribution >= 4 is 5.78 Å². The Morgan fingerprint density at radius 1 is 0.905 bits per heavy atom. The first-order chi connectivity index (χ1) is 20.4. The fourth-order valence-corrected chi connectivity index (χ4v) is 5.70. The van der Waals surface area contributed by atoms with E-state index < -0.39 is 0 Å². The number of piperidine rings is 1. The molecular weight excluding hydrogens is 520 g/mol. The molecule has 7 heteroatoms. The minimum absolute atomic E-state index is 0.137. The molecule has 1 fully saturated rings. The van der Waals surface area contributed by atoms with Gasteiger partial charge in [0.05, 0.1) is 11.4 Å². The molecular formula is C35H36N6O. The number of aryl methyl sites for hydroxylation is 2. The average molecular weight is 557 g/mol. The first-order valence-corrected chi connectivity index (χ1v) is 14.6. The van der Waals surface area contributed by atoms with E-state index in [9.17, 15) is 4.79 Å². The third kappa shape index (κ3) is 6.37. The predicted octanol–water partition coefficient (Wildman–Crippen LogP) is 6.07. The number of hydrogen-bond donors (Lipinski definition) is 0. The van der Waals surface area contributed by atoms with E-state index in [4.69, 9.17) is 4.98 Å². The Kier molecular flexibility index (Phi) is 8.02. The number of nitrogens with zero attached hydrogens (tertiary/aromatic N) is 6. The molecule has 1 aliphatic heterocycles. The number of carbonyl (C=O) groups excluding carboxylic acids is 1. The molecule has 0 spiro atoms. The average Bonchev–Trinajstić information content (AvgIpc) is 3.46. The van der Waals surface area contributed by atoms with Crippen molar-refractivity contribution in [2.75, 3.05) is 20.1 Å². The van der Waals surface area contributed by atoms with Gasteiger partial charge in [0.15, 0.2) is 5.78 Å². The van der Waals surface area contributed by atoms with Gasteiger partial charge in [-0.3, -0.25) is 14.5 Å². The summed E-state index contributed by atoms with van der Waals surface area (Å²) in [4.78, 5) is 29.4. The summed E-state index contributed by atoms with van der Waals surface area (Å²) in [7, 11) is 4.08. The summed E-state index contributed by atoms with van der Waals surface area (Å²) in [6, 6.07) is 20.5. The van der Waals surface area contributed by atoms with Crippen LogP contribution in [0.1, 0.15) is 57.2 Å². The molecule has 7 nitrogen and oxygen atoms in total. The maximum absolute atomic E-state index is 13.2. The highest BCUT2D eigenvalue weighted by Crippen LogP contribution is 2.28. The third-order valence-corrected chi connectivity index (χ3v) is 8.30. The molecule has 6 rings (SSSR count). The van der Waals surface area contributed by atoms with Crippen LogP contribution in [-0.4, -0.2) is 55.6 Å². The summed E-state index contributed by atoms with van der Waals surface area (Å²) < 4.78 is 1.78. The van der Waals surface area contributed by atoms with Crippen molar-refractivity contribution in [2.24, 2.45) is 7.05 Å². The maximum atomic E-state index is 13.2. The first-order valence-electron chi connectivity index (χ1n) is 14.6. The lowest BCUT2D eigenvalue weighted by Gasteiger charge is -2.29. The van der Waals surface area contributed by atoms with E-state index in [2.05, 4.69) is 70.3 Å². The topological polar surface area (TPSA) is 76.8 Å². The molecule has 0 saturated carbocycles. The zero-order chi connectivity index (χ0) is 29.1. The predicted molar refractivity (Wildman–Crippen MR) is 165 cm³/mol. The summed E-state index contributed by atoms with van der Waals surface area (Å²) in [5.41, 5.74) is 8.94. The van der Waals surface area contributed by atoms with Crippen molar-refractivity contribution in [2.45, 2.75) is 38.5 Å². The second kappa shape index (κ2) is 12.2. The number of likely N-dealkylation sites (tertiary alicyclic amines) is 1. The molecule has 2 aromatic carbocycles. The van der Waals surface area contributed by atoms with Crippen LogP contribution >= 0.6 is 0 Å². The minimum Gasteiger partial charge on any atom is -0.306 e. The van der Waals surface area contributed by atoms with E-state index in [1.165, 1.54) is 18.4 Å². The Labute approximate surface area is 247 Å². The SMILES string of the molecule is Cc1ccc(CC(=O)c2ccc(C3CCN(C)CC3)cc2)cc1Cc1nccc(-c2cncc(-c3ccn(C)n3)c2)n1. The Bertz CT molecular complexity index is 1700. The number of aromatic nitrogens is 5. The monoisotopic (exact) mass is 556 g/mol. The Hall–Kier alpha value is -4.49. The van der Waals surface area contributed by atoms with Gasteiger partial charge in [0.1, 0.15) is 5.82 Å². The van der Waals surface area contributed by atoms with Crippen LogP contribution in [0.15, 0.2) is 85.5 Å². The lowest BCUT2D eigenvalue weighted by atomic mass is 9.88. The highest BCUT2D eigenvalue weighted by molar-refractivity contribution is 5.97. The van der Waals surface area contributed by atoms with Crippen LogP contribution in [-0.2, 0) is 19.9 Å². The standard InChI is InChI=1S/C35H36N6O/c1-24-4-5-25(19-34(42)28-8-6-26(7-9-28)27-11-15-40(2)16-12-27)18-29(24)21-35-37-14-10-32(38-35)30-20-31(23-36-22-30)33-13-17-41(3)39-33/h4-10,13-14,17-18,20,22-23,27H,11-12,15-16,19,21H2,1-3H3. The second-order valence-electron chi connectivity index (χ2n) is 11.4. The Morgan fingerprint density at radius 3 is 2.40 bits per heavy atom. The largest absolute Gasteiger partial charge is 0.306 e. The van der Waals surface area contributed by atoms with Crippen molar-refractivity contribution in [1.82, 2.24) is 29.6 Å². The van der Waals surface area contributed by atoms with Gasteiger partial charge in [0.25, 0.3) is 0 Å². The molecule has 4 heterocycles. The number of rotatable bonds is 8. The third-order valence-electron chi connectivity index (χ3n) is 8.30. The molecule has 1 aliphatic rings. The van der Waals surface area contributed by atoms with Gasteiger partial charge in [-0.1, -0.05) is 42.5 Å². The Balaban J connectivity index is 1.15. The zero-order valence-corrected chi connectivity index (χ0v) is 24.5. The molecule has 1 saturated heterocycles. The van der Waals surface area contributed by atoms with Crippen molar-refractivity contribution in [3.63, 3.8) is 0 Å². The number of pyridine rings is 1. The summed E-state index contributed by atoms with van der Waals surface area (Å²) in [6.07, 6.45) is 10.6. The molecule has 0 atom stereocenters. The number of hydrogen-bond acceptors (Lipinski definition) is 6. The highest BCUT2D eigenvalue weighted by atomic mass is 16.1. The van der Waals surface area contributed by atoms with E-state index in [1.807, 2.05) is 49.9 Å². The number of Topliss-reactive ketones (excluding diaryl/α,β-unsaturated/α-hetero) is 1. The molecule has 0 radical (unpaired) electrons. The molecule has 212 valence electrons. The zero-order valence-electron chi connectivity index (χ0n) is 24.5. The van der Waals surface area contributed by atoms with Crippen LogP contribution in [0.3, 0.4) is 0 Å². The van der Waals surface area contributed by atoms with Crippen LogP contribution in [0.2, 0.25) is 0 Å². The van der Waals surface area contributed by atoms with Gasteiger partial charge in [-0.2, -0.15) is 5.10 Å². The van der Waals surface area contributed by atoms with Gasteiger partial charge in [-0.15, -0.1) is 0 Å². The molecule has 42 heavy (non-hydrogen) atoms. The van der Waals surface area contributed by atoms with Crippen molar-refractivity contribution < 1.29 is 4.79 Å². The molecule has 0 N–H and O–H groups in total. The van der Waals surface area contributed by atoms with E-state index >= 15 is 0 Å². The highest BCUT2D eigenvalue weighted by Gasteiger charge is 2.19. The molecule has 0 bridgehead atoms. The minimum atomic E-state index is 0.137. The summed E-state index contributed by atoms with van der Waals surface area (Å²) in [5.74, 6) is 1.46. The summed E-state index contributed by atoms with van der Waals surface area (Å²) in [5, 5.41) is 4.49. The van der Waals surface area contributed by atoms with E-state index in [0.29, 0.717) is 18.8 Å². The molecule has 0 unspecified atom stereocenters. The molecule has 0 aliphatic carbocycles. The van der Waals surface area contributed by atoms with E-state index in [0.717, 1.165) is 63.7 Å². The van der Waals surface area contributed by atoms with Crippen LogP contribution in [0.5, 0.6) is 0 Å². The van der Waals surface area contributed by atoms with Gasteiger partial charge < -0.3 is 4.90 Å². The fraction of sp³-hybridized carbons (Fsp3) is 0.286. The van der Waals surface area contributed by atoms with Gasteiger partial charge in [-0.25, -0.2) is 9.97 Å². The lowest BCUT2D eigenvalue weighted by Crippen LogP contribution is -2.29. The molecule has 0 amide bonds. The first kappa shape index (κ1) is 27.7. The van der Waals surface area contributed by atoms with Crippen molar-refractivity contribution in [3.05, 3.63) is 119 Å². The van der Waals surface area contributed by atoms with E-state index in [1.54, 1.807) is 10.9 Å². The maximum Gasteiger partial charge on any atom is 0.167 e.